The van der Waals surface area contributed by atoms with E-state index in [4.69, 9.17) is 20.4 Å². The number of aryl methyl sites for hydroxylation is 2. The van der Waals surface area contributed by atoms with Crippen LogP contribution in [0.2, 0.25) is 0 Å². The molecule has 0 saturated heterocycles. The number of carboxylic acid groups (broad SMARTS) is 2. The third kappa shape index (κ3) is 13.9. The van der Waals surface area contributed by atoms with Crippen molar-refractivity contribution in [2.24, 2.45) is 0 Å². The molecule has 0 spiro atoms. The molecule has 0 aliphatic rings. The highest BCUT2D eigenvalue weighted by molar-refractivity contribution is 5.86. The van der Waals surface area contributed by atoms with Gasteiger partial charge in [-0.15, -0.1) is 0 Å². The topological polar surface area (TPSA) is 122 Å². The lowest BCUT2D eigenvalue weighted by atomic mass is 9.96. The molecule has 8 heteroatoms. The first-order valence-electron chi connectivity index (χ1n) is 20.2. The number of unbranched alkanes of at least 4 members (excludes halogenated alkanes) is 2. The summed E-state index contributed by atoms with van der Waals surface area (Å²) in [6, 6.07) is 53.5. The lowest BCUT2D eigenvalue weighted by molar-refractivity contribution is -0.165. The third-order valence-electron chi connectivity index (χ3n) is 10.5. The Balaban J connectivity index is 0.000000209. The molecule has 0 bridgehead atoms. The quantitative estimate of drug-likeness (QED) is 0.0675. The predicted molar refractivity (Wildman–Crippen MR) is 236 cm³/mol. The van der Waals surface area contributed by atoms with Crippen LogP contribution in [0.1, 0.15) is 72.9 Å². The van der Waals surface area contributed by atoms with Gasteiger partial charge in [-0.1, -0.05) is 158 Å². The van der Waals surface area contributed by atoms with Gasteiger partial charge >= 0.3 is 11.9 Å². The molecule has 6 aromatic rings. The average molecular weight is 785 g/mol. The van der Waals surface area contributed by atoms with Crippen LogP contribution < -0.4 is 0 Å². The zero-order valence-electron chi connectivity index (χ0n) is 34.3. The van der Waals surface area contributed by atoms with Crippen molar-refractivity contribution in [2.75, 3.05) is 28.2 Å². The molecule has 4 atom stereocenters. The van der Waals surface area contributed by atoms with Crippen LogP contribution in [0, 0.1) is 0 Å². The Bertz CT molecular complexity index is 1960. The van der Waals surface area contributed by atoms with E-state index in [9.17, 15) is 9.59 Å². The number of hydrogen-bond donors (Lipinski definition) is 4. The van der Waals surface area contributed by atoms with Crippen LogP contribution in [0.5, 0.6) is 0 Å². The van der Waals surface area contributed by atoms with Crippen LogP contribution in [-0.2, 0) is 22.4 Å². The number of aliphatic hydroxyl groups excluding tert-OH is 2. The van der Waals surface area contributed by atoms with Crippen LogP contribution in [0.25, 0.3) is 21.5 Å². The average Bonchev–Trinajstić information content (AvgIpc) is 3.24. The van der Waals surface area contributed by atoms with Gasteiger partial charge in [0.15, 0.2) is 12.2 Å². The van der Waals surface area contributed by atoms with E-state index < -0.39 is 24.1 Å². The van der Waals surface area contributed by atoms with Gasteiger partial charge in [0, 0.05) is 12.1 Å². The maximum absolute atomic E-state index is 9.77. The molecule has 6 rings (SSSR count). The zero-order valence-corrected chi connectivity index (χ0v) is 34.3. The van der Waals surface area contributed by atoms with Gasteiger partial charge in [-0.25, -0.2) is 9.59 Å². The van der Waals surface area contributed by atoms with E-state index in [2.05, 4.69) is 184 Å². The largest absolute Gasteiger partial charge is 0.479 e. The summed E-state index contributed by atoms with van der Waals surface area (Å²) in [4.78, 5) is 24.2. The molecule has 0 saturated carbocycles. The molecule has 4 N–H and O–H groups in total. The number of aliphatic carboxylic acids is 2. The fourth-order valence-electron chi connectivity index (χ4n) is 7.39. The normalized spacial score (nSPS) is 13.2. The second-order valence-electron chi connectivity index (χ2n) is 15.1. The van der Waals surface area contributed by atoms with Gasteiger partial charge in [-0.3, -0.25) is 0 Å². The first-order chi connectivity index (χ1) is 28.0. The Kier molecular flexibility index (Phi) is 18.6. The summed E-state index contributed by atoms with van der Waals surface area (Å²) in [6.07, 6.45) is 5.20. The molecule has 0 fully saturated rings. The Morgan fingerprint density at radius 3 is 1.12 bits per heavy atom. The Labute approximate surface area is 344 Å². The lowest BCUT2D eigenvalue weighted by Crippen LogP contribution is -2.39. The van der Waals surface area contributed by atoms with Gasteiger partial charge in [0.1, 0.15) is 0 Å². The highest BCUT2D eigenvalue weighted by Crippen LogP contribution is 2.27. The molecule has 0 amide bonds. The number of benzene rings is 6. The number of hydrogen-bond acceptors (Lipinski definition) is 6. The Hall–Kier alpha value is -5.38. The first kappa shape index (κ1) is 45.3. The number of carboxylic acids is 2. The van der Waals surface area contributed by atoms with Crippen molar-refractivity contribution in [2.45, 2.75) is 75.7 Å². The molecule has 0 aromatic heterocycles. The van der Waals surface area contributed by atoms with Gasteiger partial charge < -0.3 is 30.2 Å². The predicted octanol–water partition coefficient (Wildman–Crippen LogP) is 9.59. The van der Waals surface area contributed by atoms with Crippen LogP contribution in [0.4, 0.5) is 0 Å². The summed E-state index contributed by atoms with van der Waals surface area (Å²) >= 11 is 0. The van der Waals surface area contributed by atoms with E-state index in [0.29, 0.717) is 12.1 Å². The Morgan fingerprint density at radius 2 is 0.776 bits per heavy atom. The molecule has 306 valence electrons. The summed E-state index contributed by atoms with van der Waals surface area (Å²) in [5, 5.41) is 38.0. The van der Waals surface area contributed by atoms with Crippen molar-refractivity contribution in [3.63, 3.8) is 0 Å². The number of nitrogens with zero attached hydrogens (tertiary/aromatic N) is 2. The van der Waals surface area contributed by atoms with Crippen molar-refractivity contribution in [3.8, 4) is 0 Å². The van der Waals surface area contributed by atoms with E-state index in [1.54, 1.807) is 0 Å². The minimum atomic E-state index is -2.27. The van der Waals surface area contributed by atoms with Gasteiger partial charge in [-0.2, -0.15) is 0 Å². The van der Waals surface area contributed by atoms with Crippen molar-refractivity contribution in [1.29, 1.82) is 0 Å². The van der Waals surface area contributed by atoms with E-state index in [0.717, 1.165) is 12.8 Å². The highest BCUT2D eigenvalue weighted by atomic mass is 16.4. The smallest absolute Gasteiger partial charge is 0.335 e. The molecule has 58 heavy (non-hydrogen) atoms. The van der Waals surface area contributed by atoms with Crippen molar-refractivity contribution in [3.05, 3.63) is 168 Å². The maximum Gasteiger partial charge on any atom is 0.335 e. The molecular weight excluding hydrogens is 725 g/mol. The standard InChI is InChI=1S/2C23H27N.C4H6O6/c2*1-24(2)23(21-13-4-3-5-14-21)18-9-7-12-20-16-10-15-19-11-6-8-17-22(19)20;5-1(3(7)8)2(6)4(9)10/h2*3-6,8,10-11,13-17,23H,7,9,12,18H2,1-2H3;1-2,5-6H,(H,7,8)(H,9,10). The summed E-state index contributed by atoms with van der Waals surface area (Å²) in [7, 11) is 8.73. The minimum absolute atomic E-state index is 0.513. The van der Waals surface area contributed by atoms with Gasteiger partial charge in [0.05, 0.1) is 0 Å². The molecule has 0 heterocycles. The monoisotopic (exact) mass is 784 g/mol. The van der Waals surface area contributed by atoms with Crippen molar-refractivity contribution in [1.82, 2.24) is 9.80 Å². The summed E-state index contributed by atoms with van der Waals surface area (Å²) in [5.74, 6) is -3.54. The maximum atomic E-state index is 9.77. The molecule has 8 nitrogen and oxygen atoms in total. The van der Waals surface area contributed by atoms with Crippen molar-refractivity contribution >= 4 is 33.5 Å². The molecule has 0 aliphatic heterocycles. The number of aliphatic hydroxyl groups is 2. The van der Waals surface area contributed by atoms with Gasteiger partial charge in [-0.05, 0) is 111 Å². The molecular formula is C50H60N2O6. The summed E-state index contributed by atoms with van der Waals surface area (Å²) in [5.41, 5.74) is 5.81. The van der Waals surface area contributed by atoms with E-state index in [1.807, 2.05) is 0 Å². The lowest BCUT2D eigenvalue weighted by Gasteiger charge is -2.24. The third-order valence-corrected chi connectivity index (χ3v) is 10.5. The molecule has 0 aliphatic carbocycles. The summed E-state index contributed by atoms with van der Waals surface area (Å²) in [6.45, 7) is 0. The minimum Gasteiger partial charge on any atom is -0.479 e. The second-order valence-corrected chi connectivity index (χ2v) is 15.1. The first-order valence-corrected chi connectivity index (χ1v) is 20.2. The zero-order chi connectivity index (χ0) is 41.9. The number of fused-ring (bicyclic) bond motifs is 2. The Morgan fingerprint density at radius 1 is 0.448 bits per heavy atom. The van der Waals surface area contributed by atoms with E-state index in [-0.39, 0.29) is 0 Å². The van der Waals surface area contributed by atoms with Crippen LogP contribution >= 0.6 is 0 Å². The number of rotatable bonds is 17. The van der Waals surface area contributed by atoms with Crippen molar-refractivity contribution < 1.29 is 30.0 Å². The van der Waals surface area contributed by atoms with Crippen LogP contribution in [0.3, 0.4) is 0 Å². The second kappa shape index (κ2) is 23.8. The van der Waals surface area contributed by atoms with Gasteiger partial charge in [0.2, 0.25) is 0 Å². The molecule has 6 aromatic carbocycles. The molecule has 4 unspecified atom stereocenters. The fourth-order valence-corrected chi connectivity index (χ4v) is 7.39. The van der Waals surface area contributed by atoms with E-state index >= 15 is 0 Å². The highest BCUT2D eigenvalue weighted by Gasteiger charge is 2.29. The fraction of sp³-hybridized carbons (Fsp3) is 0.320. The van der Waals surface area contributed by atoms with E-state index in [1.165, 1.54) is 82.3 Å². The van der Waals surface area contributed by atoms with Crippen LogP contribution in [0.15, 0.2) is 146 Å². The molecule has 0 radical (unpaired) electrons. The SMILES string of the molecule is CN(C)C(CCCCc1cccc2ccccc12)c1ccccc1.CN(C)C(CCCCc1cccc2ccccc12)c1ccccc1.O=C(O)C(O)C(O)C(=O)O. The number of carbonyl (C=O) groups is 2. The summed E-state index contributed by atoms with van der Waals surface area (Å²) < 4.78 is 0. The van der Waals surface area contributed by atoms with Gasteiger partial charge in [0.25, 0.3) is 0 Å². The van der Waals surface area contributed by atoms with Crippen LogP contribution in [-0.4, -0.2) is 82.6 Å².